The quantitative estimate of drug-likeness (QED) is 0.698. The van der Waals surface area contributed by atoms with Gasteiger partial charge in [0.25, 0.3) is 0 Å². The average molecular weight is 189 g/mol. The lowest BCUT2D eigenvalue weighted by Gasteiger charge is -2.07. The van der Waals surface area contributed by atoms with Crippen molar-refractivity contribution in [1.82, 2.24) is 9.55 Å². The number of imidazole rings is 1. The number of hydrogen-bond acceptors (Lipinski definition) is 3. The van der Waals surface area contributed by atoms with Crippen molar-refractivity contribution in [2.45, 2.75) is 12.2 Å². The molecule has 12 heavy (non-hydrogen) atoms. The normalized spacial score (nSPS) is 14.6. The zero-order chi connectivity index (χ0) is 9.35. The Bertz CT molecular complexity index is 368. The molecule has 0 bridgehead atoms. The zero-order valence-corrected chi connectivity index (χ0v) is 7.75. The number of nitrogens with zero attached hydrogens (tertiary/aromatic N) is 2. The molecule has 1 atom stereocenters. The van der Waals surface area contributed by atoms with Gasteiger partial charge in [-0.15, -0.1) is 0 Å². The van der Waals surface area contributed by atoms with Crippen LogP contribution in [0.25, 0.3) is 0 Å². The standard InChI is InChI=1S/C6H11N3O2S/c1-5(12(7,10)11)6-8-3-4-9(6)2/h3-5H,1-2H3,(H2,7,10,11)/t5-/m1/s1. The third-order valence-corrected chi connectivity index (χ3v) is 2.91. The molecule has 0 aliphatic carbocycles. The minimum Gasteiger partial charge on any atom is -0.337 e. The minimum absolute atomic E-state index is 0.456. The zero-order valence-electron chi connectivity index (χ0n) is 6.93. The highest BCUT2D eigenvalue weighted by atomic mass is 32.2. The van der Waals surface area contributed by atoms with Gasteiger partial charge in [0.2, 0.25) is 10.0 Å². The molecule has 0 aliphatic rings. The second kappa shape index (κ2) is 2.87. The third kappa shape index (κ3) is 1.64. The van der Waals surface area contributed by atoms with Crippen LogP contribution < -0.4 is 5.14 Å². The van der Waals surface area contributed by atoms with Crippen molar-refractivity contribution < 1.29 is 8.42 Å². The molecular weight excluding hydrogens is 178 g/mol. The van der Waals surface area contributed by atoms with Crippen molar-refractivity contribution in [3.63, 3.8) is 0 Å². The summed E-state index contributed by atoms with van der Waals surface area (Å²) in [7, 11) is -1.81. The summed E-state index contributed by atoms with van der Waals surface area (Å²) in [5.74, 6) is 0.456. The van der Waals surface area contributed by atoms with Gasteiger partial charge in [-0.2, -0.15) is 0 Å². The van der Waals surface area contributed by atoms with Crippen molar-refractivity contribution >= 4 is 10.0 Å². The minimum atomic E-state index is -3.53. The van der Waals surface area contributed by atoms with Gasteiger partial charge >= 0.3 is 0 Å². The summed E-state index contributed by atoms with van der Waals surface area (Å²) >= 11 is 0. The van der Waals surface area contributed by atoms with Crippen LogP contribution in [0.5, 0.6) is 0 Å². The maximum Gasteiger partial charge on any atom is 0.218 e. The van der Waals surface area contributed by atoms with Crippen molar-refractivity contribution in [2.75, 3.05) is 0 Å². The molecule has 0 fully saturated rings. The van der Waals surface area contributed by atoms with Crippen molar-refractivity contribution in [1.29, 1.82) is 0 Å². The van der Waals surface area contributed by atoms with Crippen LogP contribution >= 0.6 is 0 Å². The molecule has 5 nitrogen and oxygen atoms in total. The molecule has 2 N–H and O–H groups in total. The Morgan fingerprint density at radius 1 is 1.67 bits per heavy atom. The van der Waals surface area contributed by atoms with Crippen LogP contribution in [-0.2, 0) is 17.1 Å². The molecule has 1 heterocycles. The molecule has 0 spiro atoms. The van der Waals surface area contributed by atoms with Crippen LogP contribution in [0.3, 0.4) is 0 Å². The number of aromatic nitrogens is 2. The molecule has 0 unspecified atom stereocenters. The van der Waals surface area contributed by atoms with Crippen LogP contribution in [0.15, 0.2) is 12.4 Å². The first-order valence-electron chi connectivity index (χ1n) is 3.41. The second-order valence-electron chi connectivity index (χ2n) is 2.63. The molecule has 0 aliphatic heterocycles. The van der Waals surface area contributed by atoms with Crippen LogP contribution in [0.4, 0.5) is 0 Å². The number of nitrogens with two attached hydrogens (primary N) is 1. The van der Waals surface area contributed by atoms with Gasteiger partial charge in [0.15, 0.2) is 0 Å². The van der Waals surface area contributed by atoms with E-state index in [1.807, 2.05) is 0 Å². The van der Waals surface area contributed by atoms with Crippen molar-refractivity contribution in [3.05, 3.63) is 18.2 Å². The molecule has 0 saturated carbocycles. The summed E-state index contributed by atoms with van der Waals surface area (Å²) in [6.45, 7) is 1.51. The van der Waals surface area contributed by atoms with Crippen LogP contribution in [0.1, 0.15) is 18.0 Å². The van der Waals surface area contributed by atoms with E-state index in [0.717, 1.165) is 0 Å². The highest BCUT2D eigenvalue weighted by Crippen LogP contribution is 2.15. The molecule has 1 aromatic heterocycles. The van der Waals surface area contributed by atoms with E-state index in [1.165, 1.54) is 13.1 Å². The van der Waals surface area contributed by atoms with Crippen LogP contribution in [-0.4, -0.2) is 18.0 Å². The van der Waals surface area contributed by atoms with Gasteiger partial charge in [0.1, 0.15) is 11.1 Å². The Kier molecular flexibility index (Phi) is 2.20. The van der Waals surface area contributed by atoms with Crippen LogP contribution in [0.2, 0.25) is 0 Å². The maximum absolute atomic E-state index is 10.9. The molecule has 0 aromatic carbocycles. The Hall–Kier alpha value is -0.880. The lowest BCUT2D eigenvalue weighted by Crippen LogP contribution is -2.21. The third-order valence-electron chi connectivity index (χ3n) is 1.71. The number of primary sulfonamides is 1. The Balaban J connectivity index is 3.09. The van der Waals surface area contributed by atoms with Crippen molar-refractivity contribution in [3.8, 4) is 0 Å². The van der Waals surface area contributed by atoms with Gasteiger partial charge in [-0.1, -0.05) is 0 Å². The topological polar surface area (TPSA) is 78.0 Å². The number of sulfonamides is 1. The van der Waals surface area contributed by atoms with Gasteiger partial charge < -0.3 is 4.57 Å². The fourth-order valence-electron chi connectivity index (χ4n) is 0.916. The monoisotopic (exact) mass is 189 g/mol. The van der Waals surface area contributed by atoms with Gasteiger partial charge in [-0.3, -0.25) is 0 Å². The van der Waals surface area contributed by atoms with Gasteiger partial charge in [0, 0.05) is 19.4 Å². The van der Waals surface area contributed by atoms with E-state index < -0.39 is 15.3 Å². The lowest BCUT2D eigenvalue weighted by atomic mass is 10.4. The predicted octanol–water partition coefficient (Wildman–Crippen LogP) is -0.230. The van der Waals surface area contributed by atoms with Crippen molar-refractivity contribution in [2.24, 2.45) is 12.2 Å². The fraction of sp³-hybridized carbons (Fsp3) is 0.500. The SMILES string of the molecule is C[C@H](c1nccn1C)S(N)(=O)=O. The molecule has 1 aromatic rings. The van der Waals surface area contributed by atoms with E-state index in [4.69, 9.17) is 5.14 Å². The van der Waals surface area contributed by atoms with E-state index in [2.05, 4.69) is 4.98 Å². The van der Waals surface area contributed by atoms with E-state index in [9.17, 15) is 8.42 Å². The maximum atomic E-state index is 10.9. The smallest absolute Gasteiger partial charge is 0.218 e. The summed E-state index contributed by atoms with van der Waals surface area (Å²) in [5.41, 5.74) is 0. The number of rotatable bonds is 2. The Morgan fingerprint density at radius 3 is 2.58 bits per heavy atom. The Morgan fingerprint density at radius 2 is 2.25 bits per heavy atom. The molecule has 0 radical (unpaired) electrons. The fourth-order valence-corrected chi connectivity index (χ4v) is 1.44. The molecule has 68 valence electrons. The van der Waals surface area contributed by atoms with Gasteiger partial charge in [-0.05, 0) is 6.92 Å². The first-order valence-corrected chi connectivity index (χ1v) is 5.02. The molecule has 1 rings (SSSR count). The largest absolute Gasteiger partial charge is 0.337 e. The van der Waals surface area contributed by atoms with Gasteiger partial charge in [-0.25, -0.2) is 18.5 Å². The number of hydrogen-bond donors (Lipinski definition) is 1. The lowest BCUT2D eigenvalue weighted by molar-refractivity contribution is 0.582. The summed E-state index contributed by atoms with van der Waals surface area (Å²) in [4.78, 5) is 3.89. The summed E-state index contributed by atoms with van der Waals surface area (Å²) in [5, 5.41) is 4.21. The second-order valence-corrected chi connectivity index (χ2v) is 4.51. The highest BCUT2D eigenvalue weighted by Gasteiger charge is 2.21. The van der Waals surface area contributed by atoms with E-state index in [0.29, 0.717) is 5.82 Å². The highest BCUT2D eigenvalue weighted by molar-refractivity contribution is 7.89. The van der Waals surface area contributed by atoms with E-state index in [-0.39, 0.29) is 0 Å². The summed E-state index contributed by atoms with van der Waals surface area (Å²) < 4.78 is 23.4. The molecule has 0 amide bonds. The van der Waals surface area contributed by atoms with Gasteiger partial charge in [0.05, 0.1) is 0 Å². The Labute approximate surface area is 71.3 Å². The van der Waals surface area contributed by atoms with E-state index >= 15 is 0 Å². The summed E-state index contributed by atoms with van der Waals surface area (Å²) in [6, 6.07) is 0. The molecule has 0 saturated heterocycles. The van der Waals surface area contributed by atoms with Crippen LogP contribution in [0, 0.1) is 0 Å². The molecule has 6 heteroatoms. The first-order chi connectivity index (χ1) is 5.43. The molecular formula is C6H11N3O2S. The van der Waals surface area contributed by atoms with E-state index in [1.54, 1.807) is 17.8 Å². The predicted molar refractivity (Wildman–Crippen MR) is 44.7 cm³/mol. The number of aryl methyl sites for hydroxylation is 1. The first kappa shape index (κ1) is 9.21. The summed E-state index contributed by atoms with van der Waals surface area (Å²) in [6.07, 6.45) is 3.22. The average Bonchev–Trinajstić information content (AvgIpc) is 2.31.